The topological polar surface area (TPSA) is 47.0 Å². The molecular weight excluding hydrogens is 250 g/mol. The van der Waals surface area contributed by atoms with Crippen LogP contribution in [0.4, 0.5) is 5.82 Å². The maximum absolute atomic E-state index is 5.56. The lowest BCUT2D eigenvalue weighted by Gasteiger charge is -2.30. The third-order valence-corrected chi connectivity index (χ3v) is 3.97. The molecule has 4 nitrogen and oxygen atoms in total. The summed E-state index contributed by atoms with van der Waals surface area (Å²) < 4.78 is 5.56. The van der Waals surface area contributed by atoms with Crippen LogP contribution in [0.3, 0.4) is 0 Å². The van der Waals surface area contributed by atoms with Crippen molar-refractivity contribution in [3.05, 3.63) is 11.9 Å². The number of hydrogen-bond acceptors (Lipinski definition) is 4. The van der Waals surface area contributed by atoms with Gasteiger partial charge in [-0.1, -0.05) is 33.6 Å². The van der Waals surface area contributed by atoms with E-state index >= 15 is 0 Å². The molecule has 1 aliphatic carbocycles. The van der Waals surface area contributed by atoms with E-state index in [1.807, 2.05) is 13.0 Å². The maximum atomic E-state index is 5.56. The van der Waals surface area contributed by atoms with Gasteiger partial charge in [-0.25, -0.2) is 4.98 Å². The van der Waals surface area contributed by atoms with Crippen LogP contribution in [0.5, 0.6) is 5.88 Å². The van der Waals surface area contributed by atoms with E-state index in [2.05, 4.69) is 36.1 Å². The smallest absolute Gasteiger partial charge is 0.218 e. The SMILES string of the molecule is CCOc1cc(NC2CCCCC2C)nc(C(C)C)n1. The zero-order chi connectivity index (χ0) is 14.5. The minimum atomic E-state index is 0.305. The number of rotatable bonds is 5. The first-order chi connectivity index (χ1) is 9.60. The van der Waals surface area contributed by atoms with Gasteiger partial charge in [-0.15, -0.1) is 0 Å². The third kappa shape index (κ3) is 3.84. The van der Waals surface area contributed by atoms with Gasteiger partial charge in [0, 0.05) is 18.0 Å². The Bertz CT molecular complexity index is 434. The van der Waals surface area contributed by atoms with E-state index in [0.29, 0.717) is 30.4 Å². The van der Waals surface area contributed by atoms with Crippen LogP contribution < -0.4 is 10.1 Å². The van der Waals surface area contributed by atoms with Gasteiger partial charge in [-0.05, 0) is 25.7 Å². The first-order valence-electron chi connectivity index (χ1n) is 7.88. The first-order valence-corrected chi connectivity index (χ1v) is 7.88. The molecule has 0 radical (unpaired) electrons. The monoisotopic (exact) mass is 277 g/mol. The second-order valence-electron chi connectivity index (χ2n) is 6.05. The molecule has 1 aromatic rings. The van der Waals surface area contributed by atoms with Gasteiger partial charge in [-0.2, -0.15) is 4.98 Å². The number of nitrogens with zero attached hydrogens (tertiary/aromatic N) is 2. The van der Waals surface area contributed by atoms with Crippen molar-refractivity contribution in [1.29, 1.82) is 0 Å². The Morgan fingerprint density at radius 2 is 2.05 bits per heavy atom. The molecule has 1 heterocycles. The van der Waals surface area contributed by atoms with E-state index in [4.69, 9.17) is 4.74 Å². The van der Waals surface area contributed by atoms with Crippen molar-refractivity contribution in [2.24, 2.45) is 5.92 Å². The molecule has 1 aliphatic rings. The number of ether oxygens (including phenoxy) is 1. The minimum Gasteiger partial charge on any atom is -0.478 e. The Labute approximate surface area is 122 Å². The standard InChI is InChI=1S/C16H27N3O/c1-5-20-15-10-14(18-16(19-15)11(2)3)17-13-9-7-6-8-12(13)4/h10-13H,5-9H2,1-4H3,(H,17,18,19). The molecule has 0 amide bonds. The zero-order valence-corrected chi connectivity index (χ0v) is 13.1. The average Bonchev–Trinajstić information content (AvgIpc) is 2.41. The molecule has 1 saturated carbocycles. The summed E-state index contributed by atoms with van der Waals surface area (Å²) in [6.45, 7) is 9.16. The quantitative estimate of drug-likeness (QED) is 0.884. The van der Waals surface area contributed by atoms with Crippen molar-refractivity contribution in [3.8, 4) is 5.88 Å². The Hall–Kier alpha value is -1.32. The van der Waals surface area contributed by atoms with E-state index in [1.165, 1.54) is 25.7 Å². The van der Waals surface area contributed by atoms with Crippen LogP contribution in [0.2, 0.25) is 0 Å². The summed E-state index contributed by atoms with van der Waals surface area (Å²) in [4.78, 5) is 9.10. The highest BCUT2D eigenvalue weighted by Crippen LogP contribution is 2.27. The Morgan fingerprint density at radius 1 is 1.30 bits per heavy atom. The van der Waals surface area contributed by atoms with Gasteiger partial charge in [0.2, 0.25) is 5.88 Å². The van der Waals surface area contributed by atoms with Crippen LogP contribution in [-0.2, 0) is 0 Å². The highest BCUT2D eigenvalue weighted by molar-refractivity contribution is 5.40. The summed E-state index contributed by atoms with van der Waals surface area (Å²) in [5.74, 6) is 3.45. The lowest BCUT2D eigenvalue weighted by molar-refractivity contribution is 0.323. The normalized spacial score (nSPS) is 22.9. The molecule has 1 fully saturated rings. The molecular formula is C16H27N3O. The van der Waals surface area contributed by atoms with Crippen LogP contribution >= 0.6 is 0 Å². The van der Waals surface area contributed by atoms with Crippen molar-refractivity contribution in [2.45, 2.75) is 65.3 Å². The molecule has 2 unspecified atom stereocenters. The van der Waals surface area contributed by atoms with Crippen LogP contribution in [-0.4, -0.2) is 22.6 Å². The Kier molecular flexibility index (Phi) is 5.21. The van der Waals surface area contributed by atoms with Gasteiger partial charge in [0.15, 0.2) is 0 Å². The highest BCUT2D eigenvalue weighted by Gasteiger charge is 2.22. The lowest BCUT2D eigenvalue weighted by Crippen LogP contribution is -2.30. The van der Waals surface area contributed by atoms with Crippen molar-refractivity contribution >= 4 is 5.82 Å². The summed E-state index contributed by atoms with van der Waals surface area (Å²) >= 11 is 0. The van der Waals surface area contributed by atoms with Gasteiger partial charge >= 0.3 is 0 Å². The molecule has 2 atom stereocenters. The first kappa shape index (κ1) is 15.1. The third-order valence-electron chi connectivity index (χ3n) is 3.97. The van der Waals surface area contributed by atoms with Gasteiger partial charge in [-0.3, -0.25) is 0 Å². The fraction of sp³-hybridized carbons (Fsp3) is 0.750. The summed E-state index contributed by atoms with van der Waals surface area (Å²) in [6.07, 6.45) is 5.19. The molecule has 0 bridgehead atoms. The zero-order valence-electron chi connectivity index (χ0n) is 13.1. The van der Waals surface area contributed by atoms with Crippen molar-refractivity contribution in [3.63, 3.8) is 0 Å². The molecule has 2 rings (SSSR count). The van der Waals surface area contributed by atoms with Crippen molar-refractivity contribution in [1.82, 2.24) is 9.97 Å². The Morgan fingerprint density at radius 3 is 2.70 bits per heavy atom. The van der Waals surface area contributed by atoms with Gasteiger partial charge < -0.3 is 10.1 Å². The largest absolute Gasteiger partial charge is 0.478 e. The number of nitrogens with one attached hydrogen (secondary N) is 1. The molecule has 0 aromatic carbocycles. The molecule has 0 saturated heterocycles. The fourth-order valence-electron chi connectivity index (χ4n) is 2.72. The summed E-state index contributed by atoms with van der Waals surface area (Å²) in [7, 11) is 0. The minimum absolute atomic E-state index is 0.305. The van der Waals surface area contributed by atoms with Gasteiger partial charge in [0.05, 0.1) is 6.61 Å². The van der Waals surface area contributed by atoms with E-state index in [1.54, 1.807) is 0 Å². The molecule has 0 aliphatic heterocycles. The summed E-state index contributed by atoms with van der Waals surface area (Å²) in [6, 6.07) is 2.45. The van der Waals surface area contributed by atoms with Crippen molar-refractivity contribution < 1.29 is 4.74 Å². The molecule has 0 spiro atoms. The molecule has 20 heavy (non-hydrogen) atoms. The van der Waals surface area contributed by atoms with Crippen LogP contribution in [0.25, 0.3) is 0 Å². The average molecular weight is 277 g/mol. The van der Waals surface area contributed by atoms with E-state index in [-0.39, 0.29) is 0 Å². The lowest BCUT2D eigenvalue weighted by atomic mass is 9.86. The van der Waals surface area contributed by atoms with Crippen LogP contribution in [0, 0.1) is 5.92 Å². The second kappa shape index (κ2) is 6.91. The Balaban J connectivity index is 2.16. The second-order valence-corrected chi connectivity index (χ2v) is 6.05. The van der Waals surface area contributed by atoms with Crippen LogP contribution in [0.15, 0.2) is 6.07 Å². The van der Waals surface area contributed by atoms with Crippen molar-refractivity contribution in [2.75, 3.05) is 11.9 Å². The predicted octanol–water partition coefficient (Wildman–Crippen LogP) is 3.99. The highest BCUT2D eigenvalue weighted by atomic mass is 16.5. The van der Waals surface area contributed by atoms with Crippen LogP contribution in [0.1, 0.15) is 65.1 Å². The molecule has 4 heteroatoms. The van der Waals surface area contributed by atoms with Gasteiger partial charge in [0.25, 0.3) is 0 Å². The van der Waals surface area contributed by atoms with E-state index in [9.17, 15) is 0 Å². The number of anilines is 1. The maximum Gasteiger partial charge on any atom is 0.218 e. The van der Waals surface area contributed by atoms with E-state index in [0.717, 1.165) is 11.6 Å². The molecule has 1 aromatic heterocycles. The van der Waals surface area contributed by atoms with E-state index < -0.39 is 0 Å². The molecule has 1 N–H and O–H groups in total. The summed E-state index contributed by atoms with van der Waals surface area (Å²) in [5.41, 5.74) is 0. The predicted molar refractivity (Wildman–Crippen MR) is 82.3 cm³/mol. The fourth-order valence-corrected chi connectivity index (χ4v) is 2.72. The molecule has 112 valence electrons. The number of hydrogen-bond donors (Lipinski definition) is 1. The van der Waals surface area contributed by atoms with Gasteiger partial charge in [0.1, 0.15) is 11.6 Å². The number of aromatic nitrogens is 2. The summed E-state index contributed by atoms with van der Waals surface area (Å²) in [5, 5.41) is 3.59.